The highest BCUT2D eigenvalue weighted by atomic mass is 35.5. The number of nitrogens with one attached hydrogen (secondary N) is 3. The number of furan rings is 1. The Balaban J connectivity index is 1.62. The number of carbonyl (C=O) groups is 2. The Morgan fingerprint density at radius 3 is 2.61 bits per heavy atom. The van der Waals surface area contributed by atoms with E-state index in [4.69, 9.17) is 20.8 Å². The predicted molar refractivity (Wildman–Crippen MR) is 149 cm³/mol. The Morgan fingerprint density at radius 2 is 1.92 bits per heavy atom. The van der Waals surface area contributed by atoms with Gasteiger partial charge in [-0.2, -0.15) is 5.26 Å². The fourth-order valence-corrected chi connectivity index (χ4v) is 5.14. The second kappa shape index (κ2) is 11.9. The molecular formula is C28H25ClN4O4S. The summed E-state index contributed by atoms with van der Waals surface area (Å²) in [7, 11) is 1.52. The van der Waals surface area contributed by atoms with Crippen LogP contribution in [-0.4, -0.2) is 24.7 Å². The first-order valence-electron chi connectivity index (χ1n) is 11.6. The predicted octanol–water partition coefficient (Wildman–Crippen LogP) is 5.96. The molecule has 3 N–H and O–H groups in total. The number of nitrogens with zero attached hydrogens (tertiary/aromatic N) is 1. The summed E-state index contributed by atoms with van der Waals surface area (Å²) >= 11 is 7.17. The number of hydrogen-bond acceptors (Lipinski definition) is 7. The number of carbonyl (C=O) groups excluding carboxylic acids is 2. The average Bonchev–Trinajstić information content (AvgIpc) is 3.33. The monoisotopic (exact) mass is 548 g/mol. The number of dihydropyridines is 1. The van der Waals surface area contributed by atoms with E-state index in [1.54, 1.807) is 74.5 Å². The average molecular weight is 549 g/mol. The lowest BCUT2D eigenvalue weighted by Crippen LogP contribution is -2.31. The van der Waals surface area contributed by atoms with Gasteiger partial charge in [-0.15, -0.1) is 0 Å². The van der Waals surface area contributed by atoms with Crippen molar-refractivity contribution in [3.05, 3.63) is 99.1 Å². The number of ether oxygens (including phenoxy) is 1. The smallest absolute Gasteiger partial charge is 0.254 e. The number of allylic oxidation sites excluding steroid dienone is 2. The standard InChI is InChI=1S/C28H25ClN4O4S/c1-16-11-12-23(37-16)26-20(14-30)28(38-15-24(34)32-19-8-6-7-18(29)13-19)31-17(2)25(26)27(35)33-21-9-4-5-10-22(21)36-3/h4-13,26,31H,15H2,1-3H3,(H,32,34)(H,33,35)/t26-/m1/s1. The van der Waals surface area contributed by atoms with Crippen LogP contribution in [0.4, 0.5) is 11.4 Å². The highest BCUT2D eigenvalue weighted by Crippen LogP contribution is 2.42. The third-order valence-corrected chi connectivity index (χ3v) is 7.00. The molecule has 0 aliphatic carbocycles. The molecule has 2 aromatic carbocycles. The van der Waals surface area contributed by atoms with Gasteiger partial charge in [0.05, 0.1) is 46.7 Å². The van der Waals surface area contributed by atoms with Gasteiger partial charge >= 0.3 is 0 Å². The van der Waals surface area contributed by atoms with E-state index in [1.807, 2.05) is 0 Å². The lowest BCUT2D eigenvalue weighted by molar-refractivity contribution is -0.114. The van der Waals surface area contributed by atoms with Crippen molar-refractivity contribution in [1.82, 2.24) is 5.32 Å². The normalized spacial score (nSPS) is 15.0. The molecule has 0 saturated heterocycles. The summed E-state index contributed by atoms with van der Waals surface area (Å²) in [5, 5.41) is 20.0. The molecule has 0 saturated carbocycles. The van der Waals surface area contributed by atoms with Gasteiger partial charge in [0.25, 0.3) is 5.91 Å². The van der Waals surface area contributed by atoms with Gasteiger partial charge < -0.3 is 25.1 Å². The Morgan fingerprint density at radius 1 is 1.13 bits per heavy atom. The van der Waals surface area contributed by atoms with Gasteiger partial charge in [0.2, 0.25) is 5.91 Å². The molecule has 0 fully saturated rings. The van der Waals surface area contributed by atoms with Crippen LogP contribution in [0.15, 0.2) is 87.0 Å². The quantitative estimate of drug-likeness (QED) is 0.318. The molecule has 0 bridgehead atoms. The minimum atomic E-state index is -0.775. The molecule has 0 radical (unpaired) electrons. The number of methoxy groups -OCH3 is 1. The third kappa shape index (κ3) is 6.05. The van der Waals surface area contributed by atoms with Gasteiger partial charge in [-0.3, -0.25) is 9.59 Å². The minimum absolute atomic E-state index is 0.0277. The second-order valence-corrected chi connectivity index (χ2v) is 9.82. The topological polar surface area (TPSA) is 116 Å². The van der Waals surface area contributed by atoms with E-state index in [0.29, 0.717) is 50.0 Å². The number of aryl methyl sites for hydroxylation is 1. The molecule has 4 rings (SSSR count). The van der Waals surface area contributed by atoms with Gasteiger partial charge in [0, 0.05) is 16.4 Å². The fraction of sp³-hybridized carbons (Fsp3) is 0.179. The summed E-state index contributed by atoms with van der Waals surface area (Å²) < 4.78 is 11.3. The maximum Gasteiger partial charge on any atom is 0.254 e. The summed E-state index contributed by atoms with van der Waals surface area (Å²) in [5.41, 5.74) is 2.21. The molecule has 3 aromatic rings. The van der Waals surface area contributed by atoms with E-state index in [2.05, 4.69) is 22.0 Å². The molecule has 38 heavy (non-hydrogen) atoms. The summed E-state index contributed by atoms with van der Waals surface area (Å²) in [6, 6.07) is 19.7. The van der Waals surface area contributed by atoms with E-state index in [9.17, 15) is 14.9 Å². The third-order valence-electron chi connectivity index (χ3n) is 5.75. The van der Waals surface area contributed by atoms with Gasteiger partial charge in [0.15, 0.2) is 0 Å². The molecule has 2 amide bonds. The number of halogens is 1. The molecule has 0 unspecified atom stereocenters. The van der Waals surface area contributed by atoms with Crippen LogP contribution in [0.3, 0.4) is 0 Å². The van der Waals surface area contributed by atoms with Crippen molar-refractivity contribution in [1.29, 1.82) is 5.26 Å². The van der Waals surface area contributed by atoms with Crippen LogP contribution in [0.25, 0.3) is 0 Å². The van der Waals surface area contributed by atoms with E-state index in [1.165, 1.54) is 18.9 Å². The zero-order chi connectivity index (χ0) is 27.2. The van der Waals surface area contributed by atoms with Crippen LogP contribution < -0.4 is 20.7 Å². The number of benzene rings is 2. The number of nitriles is 1. The maximum atomic E-state index is 13.6. The number of para-hydroxylation sites is 2. The van der Waals surface area contributed by atoms with E-state index < -0.39 is 11.8 Å². The van der Waals surface area contributed by atoms with Crippen LogP contribution in [0.5, 0.6) is 5.75 Å². The van der Waals surface area contributed by atoms with E-state index in [-0.39, 0.29) is 17.2 Å². The molecular weight excluding hydrogens is 524 g/mol. The van der Waals surface area contributed by atoms with Crippen molar-refractivity contribution in [3.63, 3.8) is 0 Å². The van der Waals surface area contributed by atoms with Crippen LogP contribution >= 0.6 is 23.4 Å². The largest absolute Gasteiger partial charge is 0.495 e. The number of amides is 2. The number of rotatable bonds is 8. The molecule has 8 nitrogen and oxygen atoms in total. The van der Waals surface area contributed by atoms with Crippen molar-refractivity contribution >= 4 is 46.6 Å². The Bertz CT molecular complexity index is 1490. The summed E-state index contributed by atoms with van der Waals surface area (Å²) in [5.74, 6) is 0.179. The van der Waals surface area contributed by atoms with Crippen LogP contribution in [0.1, 0.15) is 24.4 Å². The molecule has 1 aliphatic heterocycles. The molecule has 1 aromatic heterocycles. The minimum Gasteiger partial charge on any atom is -0.495 e. The molecule has 2 heterocycles. The van der Waals surface area contributed by atoms with Crippen molar-refractivity contribution in [2.45, 2.75) is 19.8 Å². The zero-order valence-corrected chi connectivity index (χ0v) is 22.5. The van der Waals surface area contributed by atoms with Gasteiger partial charge in [-0.25, -0.2) is 0 Å². The molecule has 1 aliphatic rings. The van der Waals surface area contributed by atoms with E-state index in [0.717, 1.165) is 0 Å². The summed E-state index contributed by atoms with van der Waals surface area (Å²) in [6.07, 6.45) is 0. The first-order chi connectivity index (χ1) is 18.3. The van der Waals surface area contributed by atoms with Gasteiger partial charge in [-0.05, 0) is 56.3 Å². The molecule has 10 heteroatoms. The first kappa shape index (κ1) is 26.9. The SMILES string of the molecule is COc1ccccc1NC(=O)C1=C(C)NC(SCC(=O)Nc2cccc(Cl)c2)=C(C#N)[C@@H]1c1ccc(C)o1. The second-order valence-electron chi connectivity index (χ2n) is 8.40. The Kier molecular flexibility index (Phi) is 8.46. The number of anilines is 2. The van der Waals surface area contributed by atoms with Crippen molar-refractivity contribution < 1.29 is 18.7 Å². The van der Waals surface area contributed by atoms with Crippen LogP contribution in [0.2, 0.25) is 5.02 Å². The maximum absolute atomic E-state index is 13.6. The van der Waals surface area contributed by atoms with Crippen LogP contribution in [0, 0.1) is 18.3 Å². The summed E-state index contributed by atoms with van der Waals surface area (Å²) in [4.78, 5) is 26.2. The number of hydrogen-bond donors (Lipinski definition) is 3. The zero-order valence-electron chi connectivity index (χ0n) is 20.9. The van der Waals surface area contributed by atoms with Gasteiger partial charge in [0.1, 0.15) is 17.3 Å². The number of thioether (sulfide) groups is 1. The Hall–Kier alpha value is -4.13. The highest BCUT2D eigenvalue weighted by molar-refractivity contribution is 8.03. The van der Waals surface area contributed by atoms with Crippen molar-refractivity contribution in [3.8, 4) is 11.8 Å². The molecule has 0 spiro atoms. The molecule has 1 atom stereocenters. The lowest BCUT2D eigenvalue weighted by Gasteiger charge is -2.28. The van der Waals surface area contributed by atoms with E-state index >= 15 is 0 Å². The molecule has 194 valence electrons. The highest BCUT2D eigenvalue weighted by Gasteiger charge is 2.37. The first-order valence-corrected chi connectivity index (χ1v) is 13.0. The summed E-state index contributed by atoms with van der Waals surface area (Å²) in [6.45, 7) is 3.54. The lowest BCUT2D eigenvalue weighted by atomic mass is 9.85. The Labute approximate surface area is 229 Å². The van der Waals surface area contributed by atoms with Gasteiger partial charge in [-0.1, -0.05) is 41.6 Å². The van der Waals surface area contributed by atoms with Crippen molar-refractivity contribution in [2.75, 3.05) is 23.5 Å². The van der Waals surface area contributed by atoms with Crippen LogP contribution in [-0.2, 0) is 9.59 Å². The fourth-order valence-electron chi connectivity index (χ4n) is 4.06. The van der Waals surface area contributed by atoms with Crippen molar-refractivity contribution in [2.24, 2.45) is 0 Å².